The molecule has 6 heteroatoms. The van der Waals surface area contributed by atoms with Gasteiger partial charge in [-0.3, -0.25) is 14.4 Å². The first-order chi connectivity index (χ1) is 40.5. The SMILES string of the molecule is CC/C=C\C/C=C\C/C=C\C/C=C\C/C=C\C/C=C\CCC(=O)OC(COC(=O)CCCCCCC/C=C\CCCCC)COC(=O)CCCCCCCCCCCCCCCCCCCCCC/C=C\C/C=C\C/C=C\C/C=C\CC. The van der Waals surface area contributed by atoms with Crippen LogP contribution in [-0.2, 0) is 28.6 Å². The summed E-state index contributed by atoms with van der Waals surface area (Å²) in [5.74, 6) is -0.999. The molecule has 82 heavy (non-hydrogen) atoms. The van der Waals surface area contributed by atoms with Gasteiger partial charge in [0.05, 0.1) is 0 Å². The van der Waals surface area contributed by atoms with E-state index >= 15 is 0 Å². The van der Waals surface area contributed by atoms with E-state index in [1.54, 1.807) is 0 Å². The molecule has 0 saturated carbocycles. The van der Waals surface area contributed by atoms with Gasteiger partial charge in [-0.2, -0.15) is 0 Å². The van der Waals surface area contributed by atoms with E-state index in [2.05, 4.69) is 148 Å². The molecule has 0 saturated heterocycles. The third kappa shape index (κ3) is 66.4. The normalized spacial score (nSPS) is 13.0. The molecular weight excluding hydrogens is 1010 g/mol. The molecule has 0 heterocycles. The van der Waals surface area contributed by atoms with Crippen molar-refractivity contribution in [2.45, 2.75) is 316 Å². The van der Waals surface area contributed by atoms with Crippen LogP contribution in [0.2, 0.25) is 0 Å². The van der Waals surface area contributed by atoms with E-state index in [0.29, 0.717) is 19.3 Å². The van der Waals surface area contributed by atoms with E-state index in [0.717, 1.165) is 116 Å². The number of hydrogen-bond acceptors (Lipinski definition) is 6. The van der Waals surface area contributed by atoms with Gasteiger partial charge in [-0.25, -0.2) is 0 Å². The van der Waals surface area contributed by atoms with E-state index in [4.69, 9.17) is 14.2 Å². The molecule has 0 aliphatic rings. The summed E-state index contributed by atoms with van der Waals surface area (Å²) in [6.45, 7) is 6.34. The predicted octanol–water partition coefficient (Wildman–Crippen LogP) is 23.7. The minimum Gasteiger partial charge on any atom is -0.462 e. The number of ether oxygens (including phenoxy) is 3. The van der Waals surface area contributed by atoms with Crippen LogP contribution >= 0.6 is 0 Å². The Bertz CT molecular complexity index is 1730. The number of rotatable bonds is 61. The lowest BCUT2D eigenvalue weighted by atomic mass is 10.0. The van der Waals surface area contributed by atoms with Gasteiger partial charge in [0.25, 0.3) is 0 Å². The maximum absolute atomic E-state index is 12.9. The Labute approximate surface area is 506 Å². The lowest BCUT2D eigenvalue weighted by Crippen LogP contribution is -2.30. The standard InChI is InChI=1S/C76H126O6/c1-4-7-10-13-16-19-22-25-27-29-31-32-33-34-35-36-37-38-39-40-41-42-43-44-46-47-49-51-54-57-60-63-66-69-75(78)81-72-73(71-80-74(77)68-65-62-59-56-53-24-21-18-15-12-9-6-3)82-76(79)70-67-64-61-58-55-52-50-48-45-30-28-26-23-20-17-14-11-8-5-2/h7-8,10-11,16-21,25-28,31-32,45,48,52,55,61,64,73H,4-6,9,12-15,22-24,29-30,33-44,46-47,49-51,53-54,56-60,62-63,65-72H2,1-3H3/b10-7-,11-8-,19-16-,20-17-,21-18-,27-25-,28-26-,32-31-,48-45-,55-52-,64-61-. The van der Waals surface area contributed by atoms with Crippen molar-refractivity contribution in [3.05, 3.63) is 134 Å². The third-order valence-electron chi connectivity index (χ3n) is 14.4. The zero-order valence-electron chi connectivity index (χ0n) is 53.5. The third-order valence-corrected chi connectivity index (χ3v) is 14.4. The molecule has 0 aromatic carbocycles. The van der Waals surface area contributed by atoms with Gasteiger partial charge in [0.15, 0.2) is 6.10 Å². The number of esters is 3. The van der Waals surface area contributed by atoms with Crippen LogP contribution in [0.4, 0.5) is 0 Å². The van der Waals surface area contributed by atoms with Crippen molar-refractivity contribution in [1.29, 1.82) is 0 Å². The van der Waals surface area contributed by atoms with Crippen LogP contribution in [-0.4, -0.2) is 37.2 Å². The summed E-state index contributed by atoms with van der Waals surface area (Å²) < 4.78 is 16.8. The Kier molecular flexibility index (Phi) is 65.3. The van der Waals surface area contributed by atoms with E-state index in [1.807, 2.05) is 6.08 Å². The van der Waals surface area contributed by atoms with Crippen molar-refractivity contribution in [3.63, 3.8) is 0 Å². The highest BCUT2D eigenvalue weighted by Crippen LogP contribution is 2.17. The van der Waals surface area contributed by atoms with Gasteiger partial charge < -0.3 is 14.2 Å². The maximum Gasteiger partial charge on any atom is 0.306 e. The smallest absolute Gasteiger partial charge is 0.306 e. The average Bonchev–Trinajstić information content (AvgIpc) is 3.47. The Morgan fingerprint density at radius 2 is 0.500 bits per heavy atom. The Morgan fingerprint density at radius 3 is 0.805 bits per heavy atom. The van der Waals surface area contributed by atoms with Gasteiger partial charge in [-0.15, -0.1) is 0 Å². The maximum atomic E-state index is 12.9. The molecule has 0 radical (unpaired) electrons. The molecule has 466 valence electrons. The molecule has 0 aliphatic heterocycles. The summed E-state index contributed by atoms with van der Waals surface area (Å²) in [7, 11) is 0. The number of allylic oxidation sites excluding steroid dienone is 22. The minimum atomic E-state index is -0.825. The Hall–Kier alpha value is -4.45. The molecule has 0 aromatic heterocycles. The molecule has 1 unspecified atom stereocenters. The second-order valence-electron chi connectivity index (χ2n) is 22.3. The second-order valence-corrected chi connectivity index (χ2v) is 22.3. The fraction of sp³-hybridized carbons (Fsp3) is 0.671. The summed E-state index contributed by atoms with van der Waals surface area (Å²) in [4.78, 5) is 38.3. The Balaban J connectivity index is 4.24. The molecule has 0 aromatic rings. The molecule has 0 rings (SSSR count). The molecule has 1 atom stereocenters. The monoisotopic (exact) mass is 1130 g/mol. The molecular formula is C76H126O6. The van der Waals surface area contributed by atoms with Crippen molar-refractivity contribution in [2.24, 2.45) is 0 Å². The van der Waals surface area contributed by atoms with Crippen LogP contribution < -0.4 is 0 Å². The minimum absolute atomic E-state index is 0.111. The summed E-state index contributed by atoms with van der Waals surface area (Å²) in [5, 5.41) is 0. The average molecular weight is 1140 g/mol. The fourth-order valence-corrected chi connectivity index (χ4v) is 9.34. The van der Waals surface area contributed by atoms with Crippen molar-refractivity contribution in [1.82, 2.24) is 0 Å². The van der Waals surface area contributed by atoms with Gasteiger partial charge in [-0.1, -0.05) is 302 Å². The highest BCUT2D eigenvalue weighted by atomic mass is 16.6. The van der Waals surface area contributed by atoms with Gasteiger partial charge in [0.2, 0.25) is 0 Å². The van der Waals surface area contributed by atoms with Crippen LogP contribution in [0.15, 0.2) is 134 Å². The highest BCUT2D eigenvalue weighted by molar-refractivity contribution is 5.71. The fourth-order valence-electron chi connectivity index (χ4n) is 9.34. The molecule has 0 aliphatic carbocycles. The van der Waals surface area contributed by atoms with Crippen LogP contribution in [0.1, 0.15) is 310 Å². The van der Waals surface area contributed by atoms with Gasteiger partial charge in [0.1, 0.15) is 13.2 Å². The largest absolute Gasteiger partial charge is 0.462 e. The molecule has 0 bridgehead atoms. The zero-order valence-corrected chi connectivity index (χ0v) is 53.5. The van der Waals surface area contributed by atoms with E-state index in [9.17, 15) is 14.4 Å². The van der Waals surface area contributed by atoms with E-state index in [-0.39, 0.29) is 31.6 Å². The quantitative estimate of drug-likeness (QED) is 0.0261. The number of unbranched alkanes of at least 4 members (excludes halogenated alkanes) is 28. The molecule has 0 amide bonds. The predicted molar refractivity (Wildman–Crippen MR) is 357 cm³/mol. The summed E-state index contributed by atoms with van der Waals surface area (Å²) in [6.07, 6.45) is 97.9. The lowest BCUT2D eigenvalue weighted by Gasteiger charge is -2.18. The van der Waals surface area contributed by atoms with Gasteiger partial charge >= 0.3 is 17.9 Å². The van der Waals surface area contributed by atoms with Gasteiger partial charge in [-0.05, 0) is 122 Å². The van der Waals surface area contributed by atoms with Gasteiger partial charge in [0, 0.05) is 19.3 Å². The van der Waals surface area contributed by atoms with Crippen molar-refractivity contribution < 1.29 is 28.6 Å². The number of carbonyl (C=O) groups excluding carboxylic acids is 3. The van der Waals surface area contributed by atoms with Crippen LogP contribution in [0.25, 0.3) is 0 Å². The first kappa shape index (κ1) is 77.5. The van der Waals surface area contributed by atoms with Crippen LogP contribution in [0.3, 0.4) is 0 Å². The van der Waals surface area contributed by atoms with Crippen molar-refractivity contribution in [2.75, 3.05) is 13.2 Å². The van der Waals surface area contributed by atoms with Crippen molar-refractivity contribution >= 4 is 17.9 Å². The molecule has 0 N–H and O–H groups in total. The topological polar surface area (TPSA) is 78.9 Å². The number of carbonyl (C=O) groups is 3. The highest BCUT2D eigenvalue weighted by Gasteiger charge is 2.19. The van der Waals surface area contributed by atoms with Crippen LogP contribution in [0.5, 0.6) is 0 Å². The zero-order chi connectivity index (χ0) is 59.2. The molecule has 0 fully saturated rings. The molecule has 0 spiro atoms. The van der Waals surface area contributed by atoms with Crippen molar-refractivity contribution in [3.8, 4) is 0 Å². The Morgan fingerprint density at radius 1 is 0.256 bits per heavy atom. The van der Waals surface area contributed by atoms with E-state index in [1.165, 1.54) is 148 Å². The van der Waals surface area contributed by atoms with E-state index < -0.39 is 12.1 Å². The number of hydrogen-bond donors (Lipinski definition) is 0. The molecule has 6 nitrogen and oxygen atoms in total. The second kappa shape index (κ2) is 69.0. The lowest BCUT2D eigenvalue weighted by molar-refractivity contribution is -0.166. The summed E-state index contributed by atoms with van der Waals surface area (Å²) in [6, 6.07) is 0. The first-order valence-electron chi connectivity index (χ1n) is 34.2. The van der Waals surface area contributed by atoms with Crippen LogP contribution in [0, 0.1) is 0 Å². The first-order valence-corrected chi connectivity index (χ1v) is 34.2. The summed E-state index contributed by atoms with van der Waals surface area (Å²) in [5.41, 5.74) is 0. The summed E-state index contributed by atoms with van der Waals surface area (Å²) >= 11 is 0.